The number of thiophene rings is 1. The lowest BCUT2D eigenvalue weighted by atomic mass is 10.3. The Bertz CT molecular complexity index is 195. The molecule has 1 atom stereocenters. The Morgan fingerprint density at radius 2 is 2.33 bits per heavy atom. The molecule has 0 aromatic carbocycles. The summed E-state index contributed by atoms with van der Waals surface area (Å²) in [7, 11) is 0. The zero-order valence-electron chi connectivity index (χ0n) is 5.10. The first-order chi connectivity index (χ1) is 4.20. The molecule has 1 aromatic rings. The van der Waals surface area contributed by atoms with Crippen molar-refractivity contribution in [3.63, 3.8) is 0 Å². The van der Waals surface area contributed by atoms with Crippen LogP contribution in [0.2, 0.25) is 0 Å². The van der Waals surface area contributed by atoms with Crippen molar-refractivity contribution in [3.8, 4) is 0 Å². The van der Waals surface area contributed by atoms with Crippen LogP contribution < -0.4 is 5.73 Å². The fourth-order valence-electron chi connectivity index (χ4n) is 0.573. The van der Waals surface area contributed by atoms with Crippen LogP contribution in [0.5, 0.6) is 0 Å². The summed E-state index contributed by atoms with van der Waals surface area (Å²) in [5.41, 5.74) is 5.47. The lowest BCUT2D eigenvalue weighted by molar-refractivity contribution is 0.657. The zero-order valence-corrected chi connectivity index (χ0v) is 5.91. The molecule has 0 aliphatic carbocycles. The van der Waals surface area contributed by atoms with Crippen LogP contribution in [0.4, 0.5) is 4.39 Å². The lowest BCUT2D eigenvalue weighted by Crippen LogP contribution is -2.01. The summed E-state index contributed by atoms with van der Waals surface area (Å²) in [5, 5.41) is -0.165. The van der Waals surface area contributed by atoms with Gasteiger partial charge in [0.25, 0.3) is 0 Å². The first-order valence-electron chi connectivity index (χ1n) is 2.71. The van der Waals surface area contributed by atoms with E-state index in [1.54, 1.807) is 6.07 Å². The minimum Gasteiger partial charge on any atom is -0.324 e. The molecule has 1 rings (SSSR count). The van der Waals surface area contributed by atoms with Crippen LogP contribution in [0.1, 0.15) is 17.8 Å². The predicted molar refractivity (Wildman–Crippen MR) is 36.9 cm³/mol. The standard InChI is InChI=1S/C6H8FNS/c1-4(8)5-2-3-6(7)9-5/h2-4H,8H2,1H3. The van der Waals surface area contributed by atoms with Crippen LogP contribution >= 0.6 is 11.3 Å². The molecule has 0 spiro atoms. The van der Waals surface area contributed by atoms with Crippen LogP contribution in [-0.4, -0.2) is 0 Å². The maximum atomic E-state index is 12.3. The van der Waals surface area contributed by atoms with Gasteiger partial charge in [0.05, 0.1) is 0 Å². The van der Waals surface area contributed by atoms with Crippen LogP contribution in [-0.2, 0) is 0 Å². The van der Waals surface area contributed by atoms with Gasteiger partial charge in [0.2, 0.25) is 0 Å². The smallest absolute Gasteiger partial charge is 0.176 e. The molecule has 0 radical (unpaired) electrons. The first kappa shape index (κ1) is 6.71. The van der Waals surface area contributed by atoms with Gasteiger partial charge in [-0.15, -0.1) is 11.3 Å². The summed E-state index contributed by atoms with van der Waals surface area (Å²) in [6, 6.07) is 3.10. The minimum atomic E-state index is -0.165. The number of hydrogen-bond donors (Lipinski definition) is 1. The quantitative estimate of drug-likeness (QED) is 0.641. The van der Waals surface area contributed by atoms with E-state index >= 15 is 0 Å². The van der Waals surface area contributed by atoms with Crippen molar-refractivity contribution >= 4 is 11.3 Å². The van der Waals surface area contributed by atoms with Gasteiger partial charge >= 0.3 is 0 Å². The van der Waals surface area contributed by atoms with Crippen LogP contribution in [0.15, 0.2) is 12.1 Å². The largest absolute Gasteiger partial charge is 0.324 e. The molecule has 1 aromatic heterocycles. The molecule has 3 heteroatoms. The van der Waals surface area contributed by atoms with Gasteiger partial charge in [-0.1, -0.05) is 0 Å². The number of halogens is 1. The summed E-state index contributed by atoms with van der Waals surface area (Å²) < 4.78 is 12.3. The van der Waals surface area contributed by atoms with E-state index in [1.165, 1.54) is 6.07 Å². The third kappa shape index (κ3) is 1.50. The van der Waals surface area contributed by atoms with Crippen molar-refractivity contribution < 1.29 is 4.39 Å². The highest BCUT2D eigenvalue weighted by atomic mass is 32.1. The molecule has 1 nitrogen and oxygen atoms in total. The van der Waals surface area contributed by atoms with Crippen molar-refractivity contribution in [2.75, 3.05) is 0 Å². The topological polar surface area (TPSA) is 26.0 Å². The zero-order chi connectivity index (χ0) is 6.85. The third-order valence-corrected chi connectivity index (χ3v) is 2.12. The van der Waals surface area contributed by atoms with E-state index < -0.39 is 0 Å². The van der Waals surface area contributed by atoms with Gasteiger partial charge in [-0.3, -0.25) is 0 Å². The molecule has 1 heterocycles. The fraction of sp³-hybridized carbons (Fsp3) is 0.333. The van der Waals surface area contributed by atoms with Gasteiger partial charge < -0.3 is 5.73 Å². The predicted octanol–water partition coefficient (Wildman–Crippen LogP) is 1.91. The highest BCUT2D eigenvalue weighted by Crippen LogP contribution is 2.19. The van der Waals surface area contributed by atoms with E-state index in [0.29, 0.717) is 0 Å². The van der Waals surface area contributed by atoms with E-state index in [2.05, 4.69) is 0 Å². The number of nitrogens with two attached hydrogens (primary N) is 1. The molecule has 9 heavy (non-hydrogen) atoms. The maximum absolute atomic E-state index is 12.3. The Labute approximate surface area is 57.3 Å². The van der Waals surface area contributed by atoms with Crippen LogP contribution in [0.25, 0.3) is 0 Å². The Morgan fingerprint density at radius 3 is 2.56 bits per heavy atom. The second-order valence-corrected chi connectivity index (χ2v) is 3.00. The maximum Gasteiger partial charge on any atom is 0.176 e. The number of hydrogen-bond acceptors (Lipinski definition) is 2. The average molecular weight is 145 g/mol. The van der Waals surface area contributed by atoms with E-state index in [1.807, 2.05) is 6.92 Å². The highest BCUT2D eigenvalue weighted by Gasteiger charge is 2.01. The van der Waals surface area contributed by atoms with Gasteiger partial charge in [-0.2, -0.15) is 4.39 Å². The average Bonchev–Trinajstić information content (AvgIpc) is 2.14. The molecule has 0 aliphatic heterocycles. The molecule has 0 saturated carbocycles. The Balaban J connectivity index is 2.85. The summed E-state index contributed by atoms with van der Waals surface area (Å²) in [6.45, 7) is 1.84. The summed E-state index contributed by atoms with van der Waals surface area (Å²) in [5.74, 6) is 0. The fourth-order valence-corrected chi connectivity index (χ4v) is 1.26. The van der Waals surface area contributed by atoms with Crippen molar-refractivity contribution in [3.05, 3.63) is 22.1 Å². The normalized spacial score (nSPS) is 13.7. The van der Waals surface area contributed by atoms with Crippen molar-refractivity contribution in [2.24, 2.45) is 5.73 Å². The Kier molecular flexibility index (Phi) is 1.83. The van der Waals surface area contributed by atoms with E-state index in [0.717, 1.165) is 16.2 Å². The molecular weight excluding hydrogens is 137 g/mol. The Morgan fingerprint density at radius 1 is 1.67 bits per heavy atom. The van der Waals surface area contributed by atoms with Gasteiger partial charge in [-0.05, 0) is 19.1 Å². The van der Waals surface area contributed by atoms with Crippen molar-refractivity contribution in [1.82, 2.24) is 0 Å². The highest BCUT2D eigenvalue weighted by molar-refractivity contribution is 7.10. The molecule has 1 unspecified atom stereocenters. The second-order valence-electron chi connectivity index (χ2n) is 1.93. The minimum absolute atomic E-state index is 0.0421. The molecule has 0 fully saturated rings. The summed E-state index contributed by atoms with van der Waals surface area (Å²) >= 11 is 1.10. The Hall–Kier alpha value is -0.410. The van der Waals surface area contributed by atoms with Crippen molar-refractivity contribution in [2.45, 2.75) is 13.0 Å². The molecule has 0 bridgehead atoms. The van der Waals surface area contributed by atoms with Crippen LogP contribution in [0, 0.1) is 5.13 Å². The van der Waals surface area contributed by atoms with Crippen LogP contribution in [0.3, 0.4) is 0 Å². The second kappa shape index (κ2) is 2.45. The molecular formula is C6H8FNS. The SMILES string of the molecule is CC(N)c1ccc(F)s1. The monoisotopic (exact) mass is 145 g/mol. The van der Waals surface area contributed by atoms with Gasteiger partial charge in [-0.25, -0.2) is 0 Å². The summed E-state index contributed by atoms with van der Waals surface area (Å²) in [4.78, 5) is 0.896. The van der Waals surface area contributed by atoms with E-state index in [4.69, 9.17) is 5.73 Å². The third-order valence-electron chi connectivity index (χ3n) is 1.04. The summed E-state index contributed by atoms with van der Waals surface area (Å²) in [6.07, 6.45) is 0. The molecule has 0 amide bonds. The molecule has 0 aliphatic rings. The van der Waals surface area contributed by atoms with Crippen molar-refractivity contribution in [1.29, 1.82) is 0 Å². The molecule has 2 N–H and O–H groups in total. The first-order valence-corrected chi connectivity index (χ1v) is 3.52. The van der Waals surface area contributed by atoms with Gasteiger partial charge in [0.1, 0.15) is 0 Å². The van der Waals surface area contributed by atoms with Gasteiger partial charge in [0, 0.05) is 10.9 Å². The molecule has 0 saturated heterocycles. The number of rotatable bonds is 1. The van der Waals surface area contributed by atoms with E-state index in [-0.39, 0.29) is 11.2 Å². The lowest BCUT2D eigenvalue weighted by Gasteiger charge is -1.96. The van der Waals surface area contributed by atoms with Gasteiger partial charge in [0.15, 0.2) is 5.13 Å². The molecule has 50 valence electrons. The van der Waals surface area contributed by atoms with E-state index in [9.17, 15) is 4.39 Å².